The summed E-state index contributed by atoms with van der Waals surface area (Å²) < 4.78 is 5.73. The van der Waals surface area contributed by atoms with Crippen LogP contribution < -0.4 is 4.74 Å². The van der Waals surface area contributed by atoms with Gasteiger partial charge in [-0.15, -0.1) is 0 Å². The highest BCUT2D eigenvalue weighted by atomic mass is 35.5. The Hall–Kier alpha value is -1.22. The van der Waals surface area contributed by atoms with Crippen LogP contribution in [0, 0.1) is 11.8 Å². The number of carbonyl (C=O) groups is 1. The third-order valence-corrected chi connectivity index (χ3v) is 3.17. The average molecular weight is 312 g/mol. The molecule has 1 rings (SSSR count). The average Bonchev–Trinajstić information content (AvgIpc) is 2.35. The standard InChI is InChI=1S/C17H26ClNO2/c1-12(2)10-19(11-13(3)4)17(20)14(5)21-16-8-6-7-15(18)9-16/h6-9,12-14H,10-11H2,1-5H3/t14-/m0/s1. The number of hydrogen-bond acceptors (Lipinski definition) is 2. The molecule has 0 N–H and O–H groups in total. The lowest BCUT2D eigenvalue weighted by Crippen LogP contribution is -2.44. The Labute approximate surface area is 133 Å². The van der Waals surface area contributed by atoms with Crippen molar-refractivity contribution in [2.45, 2.75) is 40.7 Å². The van der Waals surface area contributed by atoms with Crippen molar-refractivity contribution in [2.75, 3.05) is 13.1 Å². The molecule has 0 radical (unpaired) electrons. The first-order valence-electron chi connectivity index (χ1n) is 7.50. The Kier molecular flexibility index (Phi) is 7.03. The van der Waals surface area contributed by atoms with Gasteiger partial charge in [0.25, 0.3) is 5.91 Å². The van der Waals surface area contributed by atoms with Gasteiger partial charge in [0.05, 0.1) is 0 Å². The molecule has 0 bridgehead atoms. The fourth-order valence-electron chi connectivity index (χ4n) is 2.19. The molecule has 0 aliphatic carbocycles. The predicted molar refractivity (Wildman–Crippen MR) is 87.8 cm³/mol. The van der Waals surface area contributed by atoms with Crippen LogP contribution in [0.2, 0.25) is 5.02 Å². The number of carbonyl (C=O) groups excluding carboxylic acids is 1. The maximum Gasteiger partial charge on any atom is 0.263 e. The minimum Gasteiger partial charge on any atom is -0.481 e. The van der Waals surface area contributed by atoms with E-state index >= 15 is 0 Å². The topological polar surface area (TPSA) is 29.5 Å². The van der Waals surface area contributed by atoms with Gasteiger partial charge in [0, 0.05) is 18.1 Å². The number of benzene rings is 1. The third-order valence-electron chi connectivity index (χ3n) is 2.94. The lowest BCUT2D eigenvalue weighted by atomic mass is 10.1. The van der Waals surface area contributed by atoms with E-state index < -0.39 is 6.10 Å². The molecule has 1 amide bonds. The highest BCUT2D eigenvalue weighted by Gasteiger charge is 2.23. The van der Waals surface area contributed by atoms with Gasteiger partial charge in [-0.2, -0.15) is 0 Å². The molecule has 0 saturated heterocycles. The molecule has 1 atom stereocenters. The minimum atomic E-state index is -0.513. The molecule has 1 aromatic carbocycles. The van der Waals surface area contributed by atoms with E-state index in [0.29, 0.717) is 22.6 Å². The first-order chi connectivity index (χ1) is 9.79. The molecule has 0 heterocycles. The van der Waals surface area contributed by atoms with E-state index in [0.717, 1.165) is 13.1 Å². The van der Waals surface area contributed by atoms with Crippen molar-refractivity contribution in [1.82, 2.24) is 4.90 Å². The Morgan fingerprint density at radius 2 is 1.71 bits per heavy atom. The molecule has 1 aromatic rings. The molecular weight excluding hydrogens is 286 g/mol. The van der Waals surface area contributed by atoms with Gasteiger partial charge in [-0.05, 0) is 37.0 Å². The molecule has 4 heteroatoms. The van der Waals surface area contributed by atoms with Crippen molar-refractivity contribution in [3.05, 3.63) is 29.3 Å². The van der Waals surface area contributed by atoms with Gasteiger partial charge in [0.15, 0.2) is 6.10 Å². The second-order valence-electron chi connectivity index (χ2n) is 6.25. The van der Waals surface area contributed by atoms with E-state index in [2.05, 4.69) is 27.7 Å². The number of amides is 1. The second-order valence-corrected chi connectivity index (χ2v) is 6.68. The van der Waals surface area contributed by atoms with Crippen LogP contribution in [0.1, 0.15) is 34.6 Å². The second kappa shape index (κ2) is 8.28. The molecule has 21 heavy (non-hydrogen) atoms. The summed E-state index contributed by atoms with van der Waals surface area (Å²) >= 11 is 5.93. The van der Waals surface area contributed by atoms with Gasteiger partial charge >= 0.3 is 0 Å². The molecule has 3 nitrogen and oxygen atoms in total. The summed E-state index contributed by atoms with van der Waals surface area (Å²) in [5.41, 5.74) is 0. The largest absolute Gasteiger partial charge is 0.481 e. The molecule has 0 aromatic heterocycles. The Morgan fingerprint density at radius 1 is 1.14 bits per heavy atom. The van der Waals surface area contributed by atoms with E-state index in [1.165, 1.54) is 0 Å². The lowest BCUT2D eigenvalue weighted by Gasteiger charge is -2.29. The molecule has 118 valence electrons. The predicted octanol–water partition coefficient (Wildman–Crippen LogP) is 4.25. The molecule has 0 aliphatic rings. The van der Waals surface area contributed by atoms with E-state index in [1.54, 1.807) is 19.1 Å². The lowest BCUT2D eigenvalue weighted by molar-refractivity contribution is -0.139. The van der Waals surface area contributed by atoms with Crippen LogP contribution in [-0.4, -0.2) is 30.0 Å². The normalized spacial score (nSPS) is 12.6. The zero-order valence-electron chi connectivity index (χ0n) is 13.6. The summed E-state index contributed by atoms with van der Waals surface area (Å²) in [6.07, 6.45) is -0.513. The number of rotatable bonds is 7. The maximum atomic E-state index is 12.6. The van der Waals surface area contributed by atoms with Crippen molar-refractivity contribution >= 4 is 17.5 Å². The van der Waals surface area contributed by atoms with Gasteiger partial charge < -0.3 is 9.64 Å². The molecule has 0 saturated carbocycles. The van der Waals surface area contributed by atoms with Crippen LogP contribution in [0.5, 0.6) is 5.75 Å². The van der Waals surface area contributed by atoms with Crippen molar-refractivity contribution < 1.29 is 9.53 Å². The Balaban J connectivity index is 2.72. The molecule has 0 aliphatic heterocycles. The molecule has 0 fully saturated rings. The summed E-state index contributed by atoms with van der Waals surface area (Å²) in [4.78, 5) is 14.5. The van der Waals surface area contributed by atoms with Crippen LogP contribution in [0.4, 0.5) is 0 Å². The van der Waals surface area contributed by atoms with Crippen molar-refractivity contribution in [3.63, 3.8) is 0 Å². The quantitative estimate of drug-likeness (QED) is 0.753. The minimum absolute atomic E-state index is 0.0253. The fraction of sp³-hybridized carbons (Fsp3) is 0.588. The molecule has 0 spiro atoms. The molecule has 0 unspecified atom stereocenters. The summed E-state index contributed by atoms with van der Waals surface area (Å²) in [5.74, 6) is 1.52. The van der Waals surface area contributed by atoms with Gasteiger partial charge in [-0.25, -0.2) is 0 Å². The van der Waals surface area contributed by atoms with Gasteiger partial charge in [0.2, 0.25) is 0 Å². The summed E-state index contributed by atoms with van der Waals surface area (Å²) in [6, 6.07) is 7.13. The van der Waals surface area contributed by atoms with Crippen molar-refractivity contribution in [1.29, 1.82) is 0 Å². The Morgan fingerprint density at radius 3 is 2.19 bits per heavy atom. The smallest absolute Gasteiger partial charge is 0.263 e. The van der Waals surface area contributed by atoms with Crippen LogP contribution in [0.15, 0.2) is 24.3 Å². The zero-order chi connectivity index (χ0) is 16.0. The van der Waals surface area contributed by atoms with Crippen molar-refractivity contribution in [2.24, 2.45) is 11.8 Å². The van der Waals surface area contributed by atoms with Crippen LogP contribution in [-0.2, 0) is 4.79 Å². The van der Waals surface area contributed by atoms with Gasteiger partial charge in [-0.3, -0.25) is 4.79 Å². The van der Waals surface area contributed by atoms with E-state index in [4.69, 9.17) is 16.3 Å². The summed E-state index contributed by atoms with van der Waals surface area (Å²) in [7, 11) is 0. The molecular formula is C17H26ClNO2. The highest BCUT2D eigenvalue weighted by molar-refractivity contribution is 6.30. The first-order valence-corrected chi connectivity index (χ1v) is 7.88. The van der Waals surface area contributed by atoms with Crippen LogP contribution in [0.25, 0.3) is 0 Å². The number of ether oxygens (including phenoxy) is 1. The fourth-order valence-corrected chi connectivity index (χ4v) is 2.37. The first kappa shape index (κ1) is 17.8. The monoisotopic (exact) mass is 311 g/mol. The highest BCUT2D eigenvalue weighted by Crippen LogP contribution is 2.19. The van der Waals surface area contributed by atoms with Crippen molar-refractivity contribution in [3.8, 4) is 5.75 Å². The summed E-state index contributed by atoms with van der Waals surface area (Å²) in [5, 5.41) is 0.605. The van der Waals surface area contributed by atoms with Crippen LogP contribution in [0.3, 0.4) is 0 Å². The number of nitrogens with zero attached hydrogens (tertiary/aromatic N) is 1. The SMILES string of the molecule is CC(C)CN(CC(C)C)C(=O)[C@H](C)Oc1cccc(Cl)c1. The number of hydrogen-bond donors (Lipinski definition) is 0. The zero-order valence-corrected chi connectivity index (χ0v) is 14.4. The third kappa shape index (κ3) is 6.38. The van der Waals surface area contributed by atoms with Gasteiger partial charge in [0.1, 0.15) is 5.75 Å². The van der Waals surface area contributed by atoms with E-state index in [-0.39, 0.29) is 5.91 Å². The maximum absolute atomic E-state index is 12.6. The van der Waals surface area contributed by atoms with E-state index in [9.17, 15) is 4.79 Å². The van der Waals surface area contributed by atoms with Gasteiger partial charge in [-0.1, -0.05) is 45.4 Å². The van der Waals surface area contributed by atoms with E-state index in [1.807, 2.05) is 17.0 Å². The Bertz CT molecular complexity index is 450. The number of halogens is 1. The van der Waals surface area contributed by atoms with Crippen LogP contribution >= 0.6 is 11.6 Å². The summed E-state index contributed by atoms with van der Waals surface area (Å²) in [6.45, 7) is 11.7.